The first-order valence-electron chi connectivity index (χ1n) is 8.32. The predicted octanol–water partition coefficient (Wildman–Crippen LogP) is 0.993. The number of nitrogens with one attached hydrogen (secondary N) is 1. The van der Waals surface area contributed by atoms with E-state index in [9.17, 15) is 9.59 Å². The molecule has 8 nitrogen and oxygen atoms in total. The molecule has 2 amide bonds. The van der Waals surface area contributed by atoms with Crippen LogP contribution in [-0.2, 0) is 14.3 Å². The Morgan fingerprint density at radius 1 is 1.36 bits per heavy atom. The lowest BCUT2D eigenvalue weighted by Crippen LogP contribution is -2.36. The highest BCUT2D eigenvalue weighted by Gasteiger charge is 2.33. The lowest BCUT2D eigenvalue weighted by Gasteiger charge is -2.30. The molecule has 2 aliphatic heterocycles. The summed E-state index contributed by atoms with van der Waals surface area (Å²) in [5.41, 5.74) is 1.70. The van der Waals surface area contributed by atoms with Crippen molar-refractivity contribution in [3.05, 3.63) is 18.2 Å². The number of methoxy groups -OCH3 is 1. The number of rotatable bonds is 5. The van der Waals surface area contributed by atoms with E-state index >= 15 is 0 Å². The third-order valence-electron chi connectivity index (χ3n) is 4.28. The number of amides is 2. The number of cyclic esters (lactones) is 1. The molecule has 1 aromatic carbocycles. The van der Waals surface area contributed by atoms with E-state index in [4.69, 9.17) is 14.2 Å². The number of carbonyl (C=O) groups excluding carboxylic acids is 2. The van der Waals surface area contributed by atoms with Gasteiger partial charge in [-0.15, -0.1) is 0 Å². The number of ether oxygens (including phenoxy) is 3. The van der Waals surface area contributed by atoms with Gasteiger partial charge in [0.05, 0.1) is 44.8 Å². The topological polar surface area (TPSA) is 80.3 Å². The molecule has 1 aromatic rings. The molecule has 2 heterocycles. The number of benzene rings is 1. The van der Waals surface area contributed by atoms with Crippen LogP contribution in [0.5, 0.6) is 5.75 Å². The van der Waals surface area contributed by atoms with Gasteiger partial charge in [-0.1, -0.05) is 0 Å². The Balaban J connectivity index is 1.74. The Morgan fingerprint density at radius 3 is 2.80 bits per heavy atom. The fourth-order valence-corrected chi connectivity index (χ4v) is 3.00. The zero-order valence-electron chi connectivity index (χ0n) is 14.5. The molecule has 2 aliphatic rings. The quantitative estimate of drug-likeness (QED) is 0.854. The van der Waals surface area contributed by atoms with Gasteiger partial charge in [-0.3, -0.25) is 9.69 Å². The second-order valence-electron chi connectivity index (χ2n) is 6.01. The first-order valence-corrected chi connectivity index (χ1v) is 8.32. The van der Waals surface area contributed by atoms with Crippen LogP contribution < -0.4 is 19.9 Å². The summed E-state index contributed by atoms with van der Waals surface area (Å²) in [6.07, 6.45) is -0.780. The van der Waals surface area contributed by atoms with Crippen LogP contribution in [0.1, 0.15) is 6.92 Å². The molecule has 2 saturated heterocycles. The standard InChI is InChI=1S/C17H23N3O5/c1-12(21)18-10-14-11-20(17(22)25-14)13-3-4-15(16(9-13)23-2)19-5-7-24-8-6-19/h3-4,9,14H,5-8,10-11H2,1-2H3,(H,18,21)/t14-/m0/s1. The Labute approximate surface area is 146 Å². The number of morpholine rings is 1. The molecule has 0 aliphatic carbocycles. The number of hydrogen-bond donors (Lipinski definition) is 1. The van der Waals surface area contributed by atoms with Gasteiger partial charge in [-0.05, 0) is 12.1 Å². The summed E-state index contributed by atoms with van der Waals surface area (Å²) < 4.78 is 16.2. The smallest absolute Gasteiger partial charge is 0.414 e. The first kappa shape index (κ1) is 17.3. The Kier molecular flexibility index (Phi) is 5.28. The Morgan fingerprint density at radius 2 is 2.12 bits per heavy atom. The minimum absolute atomic E-state index is 0.147. The summed E-state index contributed by atoms with van der Waals surface area (Å²) in [5, 5.41) is 2.67. The van der Waals surface area contributed by atoms with Crippen molar-refractivity contribution in [1.29, 1.82) is 0 Å². The molecule has 8 heteroatoms. The molecule has 136 valence electrons. The molecule has 0 saturated carbocycles. The van der Waals surface area contributed by atoms with Crippen molar-refractivity contribution in [2.24, 2.45) is 0 Å². The van der Waals surface area contributed by atoms with Gasteiger partial charge in [0, 0.05) is 26.1 Å². The van der Waals surface area contributed by atoms with Crippen molar-refractivity contribution in [2.75, 3.05) is 56.3 Å². The number of anilines is 2. The zero-order chi connectivity index (χ0) is 17.8. The number of carbonyl (C=O) groups is 2. The average molecular weight is 349 g/mol. The van der Waals surface area contributed by atoms with Gasteiger partial charge in [0.25, 0.3) is 0 Å². The van der Waals surface area contributed by atoms with Gasteiger partial charge < -0.3 is 24.4 Å². The Hall–Kier alpha value is -2.48. The predicted molar refractivity (Wildman–Crippen MR) is 92.3 cm³/mol. The molecule has 2 fully saturated rings. The molecule has 1 atom stereocenters. The lowest BCUT2D eigenvalue weighted by molar-refractivity contribution is -0.119. The maximum atomic E-state index is 12.1. The van der Waals surface area contributed by atoms with Crippen LogP contribution in [0.2, 0.25) is 0 Å². The molecule has 0 radical (unpaired) electrons. The molecule has 0 unspecified atom stereocenters. The van der Waals surface area contributed by atoms with Crippen LogP contribution in [0.25, 0.3) is 0 Å². The molecule has 0 aromatic heterocycles. The van der Waals surface area contributed by atoms with E-state index in [2.05, 4.69) is 10.2 Å². The molecule has 0 spiro atoms. The van der Waals surface area contributed by atoms with E-state index in [1.54, 1.807) is 12.0 Å². The van der Waals surface area contributed by atoms with Crippen molar-refractivity contribution in [2.45, 2.75) is 13.0 Å². The molecule has 1 N–H and O–H groups in total. The Bertz CT molecular complexity index is 645. The zero-order valence-corrected chi connectivity index (χ0v) is 14.5. The summed E-state index contributed by atoms with van der Waals surface area (Å²) in [7, 11) is 1.62. The van der Waals surface area contributed by atoms with Crippen LogP contribution in [0.15, 0.2) is 18.2 Å². The minimum Gasteiger partial charge on any atom is -0.495 e. The first-order chi connectivity index (χ1) is 12.1. The largest absolute Gasteiger partial charge is 0.495 e. The summed E-state index contributed by atoms with van der Waals surface area (Å²) in [6, 6.07) is 5.68. The van der Waals surface area contributed by atoms with E-state index in [1.165, 1.54) is 6.92 Å². The van der Waals surface area contributed by atoms with Crippen molar-refractivity contribution < 1.29 is 23.8 Å². The van der Waals surface area contributed by atoms with Gasteiger partial charge >= 0.3 is 6.09 Å². The average Bonchev–Trinajstić information content (AvgIpc) is 3.01. The fourth-order valence-electron chi connectivity index (χ4n) is 3.00. The van der Waals surface area contributed by atoms with Crippen LogP contribution in [0, 0.1) is 0 Å². The van der Waals surface area contributed by atoms with Crippen molar-refractivity contribution in [3.8, 4) is 5.75 Å². The number of hydrogen-bond acceptors (Lipinski definition) is 6. The number of nitrogens with zero attached hydrogens (tertiary/aromatic N) is 2. The minimum atomic E-state index is -0.420. The van der Waals surface area contributed by atoms with E-state index in [0.717, 1.165) is 18.8 Å². The van der Waals surface area contributed by atoms with E-state index in [1.807, 2.05) is 18.2 Å². The third-order valence-corrected chi connectivity index (χ3v) is 4.28. The van der Waals surface area contributed by atoms with Crippen LogP contribution in [0.4, 0.5) is 16.2 Å². The molecule has 25 heavy (non-hydrogen) atoms. The molecular formula is C17H23N3O5. The maximum Gasteiger partial charge on any atom is 0.414 e. The summed E-state index contributed by atoms with van der Waals surface area (Å²) in [5.74, 6) is 0.559. The van der Waals surface area contributed by atoms with Crippen molar-refractivity contribution >= 4 is 23.4 Å². The molecule has 3 rings (SSSR count). The van der Waals surface area contributed by atoms with E-state index in [0.29, 0.717) is 37.7 Å². The normalized spacial score (nSPS) is 20.4. The van der Waals surface area contributed by atoms with Crippen molar-refractivity contribution in [1.82, 2.24) is 5.32 Å². The highest BCUT2D eigenvalue weighted by molar-refractivity contribution is 5.90. The summed E-state index contributed by atoms with van der Waals surface area (Å²) in [6.45, 7) is 5.12. The second-order valence-corrected chi connectivity index (χ2v) is 6.01. The van der Waals surface area contributed by atoms with Crippen LogP contribution in [-0.4, -0.2) is 64.6 Å². The highest BCUT2D eigenvalue weighted by Crippen LogP contribution is 2.34. The van der Waals surface area contributed by atoms with Gasteiger partial charge in [-0.25, -0.2) is 4.79 Å². The van der Waals surface area contributed by atoms with Gasteiger partial charge in [0.2, 0.25) is 5.91 Å². The summed E-state index contributed by atoms with van der Waals surface area (Å²) >= 11 is 0. The summed E-state index contributed by atoms with van der Waals surface area (Å²) in [4.78, 5) is 26.9. The van der Waals surface area contributed by atoms with Gasteiger partial charge in [-0.2, -0.15) is 0 Å². The highest BCUT2D eigenvalue weighted by atomic mass is 16.6. The van der Waals surface area contributed by atoms with E-state index < -0.39 is 6.09 Å². The van der Waals surface area contributed by atoms with Crippen LogP contribution >= 0.6 is 0 Å². The second kappa shape index (κ2) is 7.60. The van der Waals surface area contributed by atoms with Crippen molar-refractivity contribution in [3.63, 3.8) is 0 Å². The monoisotopic (exact) mass is 349 g/mol. The van der Waals surface area contributed by atoms with Gasteiger partial charge in [0.15, 0.2) is 0 Å². The molecular weight excluding hydrogens is 326 g/mol. The fraction of sp³-hybridized carbons (Fsp3) is 0.529. The molecule has 0 bridgehead atoms. The SMILES string of the molecule is COc1cc(N2C[C@H](CNC(C)=O)OC2=O)ccc1N1CCOCC1. The lowest BCUT2D eigenvalue weighted by atomic mass is 10.2. The van der Waals surface area contributed by atoms with Crippen LogP contribution in [0.3, 0.4) is 0 Å². The third kappa shape index (κ3) is 3.96. The maximum absolute atomic E-state index is 12.1. The van der Waals surface area contributed by atoms with E-state index in [-0.39, 0.29) is 12.0 Å². The van der Waals surface area contributed by atoms with Gasteiger partial charge in [0.1, 0.15) is 11.9 Å².